The van der Waals surface area contributed by atoms with Gasteiger partial charge in [-0.2, -0.15) is 0 Å². The lowest BCUT2D eigenvalue weighted by Crippen LogP contribution is -2.55. The number of aryl methyl sites for hydroxylation is 1. The summed E-state index contributed by atoms with van der Waals surface area (Å²) >= 11 is 0. The Labute approximate surface area is 187 Å². The van der Waals surface area contributed by atoms with Crippen LogP contribution in [0.2, 0.25) is 0 Å². The summed E-state index contributed by atoms with van der Waals surface area (Å²) < 4.78 is 0. The van der Waals surface area contributed by atoms with Gasteiger partial charge in [0.2, 0.25) is 0 Å². The van der Waals surface area contributed by atoms with Crippen molar-refractivity contribution in [2.75, 3.05) is 0 Å². The molecule has 4 rings (SSSR count). The van der Waals surface area contributed by atoms with Gasteiger partial charge in [-0.05, 0) is 54.6 Å². The van der Waals surface area contributed by atoms with E-state index in [0.29, 0.717) is 24.8 Å². The molecule has 1 N–H and O–H groups in total. The maximum Gasteiger partial charge on any atom is 0.177 e. The quantitative estimate of drug-likeness (QED) is 0.711. The second kappa shape index (κ2) is 7.46. The smallest absolute Gasteiger partial charge is 0.177 e. The summed E-state index contributed by atoms with van der Waals surface area (Å²) in [5.74, 6) is -6.86. The van der Waals surface area contributed by atoms with E-state index < -0.39 is 58.0 Å². The van der Waals surface area contributed by atoms with E-state index in [0.717, 1.165) is 11.1 Å². The highest BCUT2D eigenvalue weighted by atomic mass is 16.3. The lowest BCUT2D eigenvalue weighted by Gasteiger charge is -2.44. The minimum absolute atomic E-state index is 0.0194. The molecule has 2 fully saturated rings. The molecule has 0 spiro atoms. The van der Waals surface area contributed by atoms with E-state index in [2.05, 4.69) is 0 Å². The van der Waals surface area contributed by atoms with Gasteiger partial charge in [0.05, 0.1) is 17.4 Å². The van der Waals surface area contributed by atoms with Crippen molar-refractivity contribution in [1.82, 2.24) is 0 Å². The zero-order chi connectivity index (χ0) is 23.7. The van der Waals surface area contributed by atoms with Crippen LogP contribution in [0.25, 0.3) is 0 Å². The predicted octanol–water partition coefficient (Wildman–Crippen LogP) is 3.18. The van der Waals surface area contributed by atoms with E-state index in [1.54, 1.807) is 0 Å². The molecular weight excluding hydrogens is 408 g/mol. The molecular formula is C26H30O6. The van der Waals surface area contributed by atoms with Gasteiger partial charge >= 0.3 is 0 Å². The lowest BCUT2D eigenvalue weighted by atomic mass is 9.55. The standard InChI is InChI=1S/C26H30O6/c1-6-12-9-16(26(3,4)5)22(29)21-15(12)8-13-7-14-10-17(28)18(11(2)27)23(30)20(14)24(31)19(13)25(21)32/h9,13-14,18-20,29H,6-8,10H2,1-5H3. The van der Waals surface area contributed by atoms with Crippen molar-refractivity contribution in [3.63, 3.8) is 0 Å². The predicted molar refractivity (Wildman–Crippen MR) is 117 cm³/mol. The van der Waals surface area contributed by atoms with E-state index in [1.165, 1.54) is 6.92 Å². The second-order valence-electron chi connectivity index (χ2n) is 10.7. The van der Waals surface area contributed by atoms with Gasteiger partial charge in [0, 0.05) is 12.0 Å². The molecule has 5 atom stereocenters. The van der Waals surface area contributed by atoms with Gasteiger partial charge in [-0.3, -0.25) is 24.0 Å². The Morgan fingerprint density at radius 1 is 1.03 bits per heavy atom. The van der Waals surface area contributed by atoms with Crippen LogP contribution in [0.15, 0.2) is 6.07 Å². The summed E-state index contributed by atoms with van der Waals surface area (Å²) in [7, 11) is 0. The fourth-order valence-electron chi connectivity index (χ4n) is 6.15. The van der Waals surface area contributed by atoms with E-state index in [-0.39, 0.29) is 23.7 Å². The second-order valence-corrected chi connectivity index (χ2v) is 10.7. The summed E-state index contributed by atoms with van der Waals surface area (Å²) in [5.41, 5.74) is 2.25. The van der Waals surface area contributed by atoms with Gasteiger partial charge < -0.3 is 5.11 Å². The third-order valence-corrected chi connectivity index (χ3v) is 7.63. The summed E-state index contributed by atoms with van der Waals surface area (Å²) in [4.78, 5) is 64.5. The van der Waals surface area contributed by atoms with Crippen LogP contribution >= 0.6 is 0 Å². The Balaban J connectivity index is 1.82. The van der Waals surface area contributed by atoms with Crippen molar-refractivity contribution in [2.45, 2.75) is 65.7 Å². The SMILES string of the molecule is CCc1cc(C(C)(C)C)c(O)c2c1CC1CC3CC(=O)C(C(C)=O)C(=O)C3C(=O)C1C2=O. The van der Waals surface area contributed by atoms with Gasteiger partial charge in [-0.15, -0.1) is 0 Å². The van der Waals surface area contributed by atoms with Gasteiger partial charge in [0.25, 0.3) is 0 Å². The number of ketones is 5. The van der Waals surface area contributed by atoms with Crippen LogP contribution in [-0.4, -0.2) is 34.0 Å². The molecule has 3 aliphatic rings. The van der Waals surface area contributed by atoms with Crippen molar-refractivity contribution in [2.24, 2.45) is 29.6 Å². The van der Waals surface area contributed by atoms with Crippen molar-refractivity contribution < 1.29 is 29.1 Å². The third-order valence-electron chi connectivity index (χ3n) is 7.63. The highest BCUT2D eigenvalue weighted by Crippen LogP contribution is 2.50. The average molecular weight is 439 g/mol. The number of phenolic OH excluding ortho intramolecular Hbond substituents is 1. The molecule has 0 bridgehead atoms. The molecule has 6 heteroatoms. The molecule has 0 heterocycles. The molecule has 170 valence electrons. The van der Waals surface area contributed by atoms with Crippen LogP contribution in [0.3, 0.4) is 0 Å². The molecule has 0 aromatic heterocycles. The zero-order valence-corrected chi connectivity index (χ0v) is 19.3. The number of fused-ring (bicyclic) bond motifs is 3. The monoisotopic (exact) mass is 438 g/mol. The largest absolute Gasteiger partial charge is 0.507 e. The molecule has 0 aliphatic heterocycles. The van der Waals surface area contributed by atoms with Gasteiger partial charge in [-0.25, -0.2) is 0 Å². The van der Waals surface area contributed by atoms with Crippen LogP contribution in [0, 0.1) is 29.6 Å². The zero-order valence-electron chi connectivity index (χ0n) is 19.3. The first-order chi connectivity index (χ1) is 14.9. The average Bonchev–Trinajstić information content (AvgIpc) is 2.66. The summed E-state index contributed by atoms with van der Waals surface area (Å²) in [6.45, 7) is 9.06. The Morgan fingerprint density at radius 3 is 2.22 bits per heavy atom. The molecule has 3 aliphatic carbocycles. The lowest BCUT2D eigenvalue weighted by molar-refractivity contribution is -0.152. The minimum atomic E-state index is -1.39. The fourth-order valence-corrected chi connectivity index (χ4v) is 6.15. The Morgan fingerprint density at radius 2 is 1.66 bits per heavy atom. The Hall–Kier alpha value is -2.63. The third kappa shape index (κ3) is 3.18. The van der Waals surface area contributed by atoms with Crippen LogP contribution in [0.4, 0.5) is 0 Å². The number of aromatic hydroxyl groups is 1. The van der Waals surface area contributed by atoms with Crippen molar-refractivity contribution >= 4 is 28.9 Å². The first-order valence-corrected chi connectivity index (χ1v) is 11.4. The maximum absolute atomic E-state index is 13.7. The van der Waals surface area contributed by atoms with Crippen molar-refractivity contribution in [1.29, 1.82) is 0 Å². The number of hydrogen-bond acceptors (Lipinski definition) is 6. The van der Waals surface area contributed by atoms with Crippen LogP contribution in [0.1, 0.15) is 74.5 Å². The molecule has 0 amide bonds. The Kier molecular flexibility index (Phi) is 5.26. The first kappa shape index (κ1) is 22.6. The molecule has 1 aromatic rings. The van der Waals surface area contributed by atoms with Gasteiger partial charge in [0.15, 0.2) is 23.1 Å². The van der Waals surface area contributed by atoms with Crippen LogP contribution in [0.5, 0.6) is 5.75 Å². The molecule has 2 saturated carbocycles. The molecule has 32 heavy (non-hydrogen) atoms. The number of carbonyl (C=O) groups excluding carboxylic acids is 5. The highest BCUT2D eigenvalue weighted by Gasteiger charge is 2.57. The topological polar surface area (TPSA) is 106 Å². The summed E-state index contributed by atoms with van der Waals surface area (Å²) in [5, 5.41) is 11.1. The number of rotatable bonds is 2. The number of carbonyl (C=O) groups is 5. The Bertz CT molecular complexity index is 1070. The fraction of sp³-hybridized carbons (Fsp3) is 0.577. The molecule has 1 aromatic carbocycles. The molecule has 6 nitrogen and oxygen atoms in total. The summed E-state index contributed by atoms with van der Waals surface area (Å²) in [6.07, 6.45) is 1.58. The highest BCUT2D eigenvalue weighted by molar-refractivity contribution is 6.27. The van der Waals surface area contributed by atoms with Gasteiger partial charge in [0.1, 0.15) is 17.5 Å². The summed E-state index contributed by atoms with van der Waals surface area (Å²) in [6, 6.07) is 1.96. The van der Waals surface area contributed by atoms with E-state index >= 15 is 0 Å². The molecule has 0 radical (unpaired) electrons. The van der Waals surface area contributed by atoms with Crippen LogP contribution < -0.4 is 0 Å². The van der Waals surface area contributed by atoms with E-state index in [1.807, 2.05) is 33.8 Å². The van der Waals surface area contributed by atoms with Crippen molar-refractivity contribution in [3.8, 4) is 5.75 Å². The van der Waals surface area contributed by atoms with Crippen molar-refractivity contribution in [3.05, 3.63) is 28.3 Å². The number of phenols is 1. The maximum atomic E-state index is 13.7. The minimum Gasteiger partial charge on any atom is -0.507 e. The normalized spacial score (nSPS) is 30.0. The first-order valence-electron chi connectivity index (χ1n) is 11.4. The van der Waals surface area contributed by atoms with Crippen LogP contribution in [-0.2, 0) is 37.4 Å². The molecule has 5 unspecified atom stereocenters. The van der Waals surface area contributed by atoms with Gasteiger partial charge in [-0.1, -0.05) is 33.8 Å². The molecule has 0 saturated heterocycles. The van der Waals surface area contributed by atoms with E-state index in [4.69, 9.17) is 0 Å². The van der Waals surface area contributed by atoms with E-state index in [9.17, 15) is 29.1 Å². The number of benzene rings is 1. The number of hydrogen-bond donors (Lipinski definition) is 1. The number of Topliss-reactive ketones (excluding diaryl/α,β-unsaturated/α-hetero) is 5.